The molecule has 0 atom stereocenters. The Labute approximate surface area is 83.3 Å². The van der Waals surface area contributed by atoms with Crippen molar-refractivity contribution in [1.29, 1.82) is 0 Å². The summed E-state index contributed by atoms with van der Waals surface area (Å²) in [6.07, 6.45) is -0.249. The van der Waals surface area contributed by atoms with Crippen molar-refractivity contribution in [2.45, 2.75) is 20.0 Å². The average Bonchev–Trinajstić information content (AvgIpc) is 2.62. The first-order chi connectivity index (χ1) is 6.72. The maximum absolute atomic E-state index is 11.3. The number of methoxy groups -OCH3 is 1. The molecule has 1 aromatic carbocycles. The van der Waals surface area contributed by atoms with Crippen LogP contribution in [0, 0.1) is 6.92 Å². The molecule has 74 valence electrons. The molecule has 1 amide bonds. The van der Waals surface area contributed by atoms with Crippen LogP contribution < -0.4 is 0 Å². The molecule has 0 saturated heterocycles. The van der Waals surface area contributed by atoms with Crippen LogP contribution in [0.3, 0.4) is 0 Å². The molecule has 0 bridgehead atoms. The quantitative estimate of drug-likeness (QED) is 0.628. The normalized spacial score (nSPS) is 14.0. The van der Waals surface area contributed by atoms with Crippen LogP contribution in [0.1, 0.15) is 16.7 Å². The smallest absolute Gasteiger partial charge is 0.410 e. The first kappa shape index (κ1) is 9.06. The molecule has 3 nitrogen and oxygen atoms in total. The summed E-state index contributed by atoms with van der Waals surface area (Å²) in [6, 6.07) is 6.15. The van der Waals surface area contributed by atoms with Gasteiger partial charge in [0.25, 0.3) is 0 Å². The van der Waals surface area contributed by atoms with E-state index in [9.17, 15) is 4.79 Å². The summed E-state index contributed by atoms with van der Waals surface area (Å²) in [5.41, 5.74) is 3.74. The summed E-state index contributed by atoms with van der Waals surface area (Å²) in [7, 11) is 1.41. The third kappa shape index (κ3) is 1.35. The number of nitrogens with zero attached hydrogens (tertiary/aromatic N) is 1. The van der Waals surface area contributed by atoms with Gasteiger partial charge in [0.05, 0.1) is 7.11 Å². The van der Waals surface area contributed by atoms with E-state index in [-0.39, 0.29) is 6.09 Å². The van der Waals surface area contributed by atoms with E-state index in [0.717, 1.165) is 0 Å². The van der Waals surface area contributed by atoms with E-state index in [1.54, 1.807) is 4.90 Å². The van der Waals surface area contributed by atoms with Crippen molar-refractivity contribution in [3.05, 3.63) is 34.9 Å². The second-order valence-corrected chi connectivity index (χ2v) is 3.54. The molecule has 1 heterocycles. The number of hydrogen-bond donors (Lipinski definition) is 0. The number of aryl methyl sites for hydroxylation is 1. The molecule has 2 rings (SSSR count). The molecule has 0 spiro atoms. The van der Waals surface area contributed by atoms with Gasteiger partial charge in [0, 0.05) is 13.1 Å². The minimum absolute atomic E-state index is 0.249. The lowest BCUT2D eigenvalue weighted by Crippen LogP contribution is -2.24. The van der Waals surface area contributed by atoms with Gasteiger partial charge < -0.3 is 4.74 Å². The van der Waals surface area contributed by atoms with Crippen LogP contribution in [-0.2, 0) is 17.8 Å². The van der Waals surface area contributed by atoms with Crippen molar-refractivity contribution in [2.24, 2.45) is 0 Å². The van der Waals surface area contributed by atoms with Gasteiger partial charge in [-0.2, -0.15) is 0 Å². The molecule has 0 aromatic heterocycles. The van der Waals surface area contributed by atoms with Gasteiger partial charge in [-0.25, -0.2) is 4.79 Å². The van der Waals surface area contributed by atoms with E-state index in [0.29, 0.717) is 13.1 Å². The zero-order chi connectivity index (χ0) is 10.1. The van der Waals surface area contributed by atoms with Gasteiger partial charge in [-0.3, -0.25) is 4.90 Å². The van der Waals surface area contributed by atoms with E-state index in [1.165, 1.54) is 23.8 Å². The Balaban J connectivity index is 2.26. The van der Waals surface area contributed by atoms with Gasteiger partial charge in [0.1, 0.15) is 0 Å². The minimum atomic E-state index is -0.249. The summed E-state index contributed by atoms with van der Waals surface area (Å²) in [5.74, 6) is 0. The third-order valence-corrected chi connectivity index (χ3v) is 2.65. The predicted octanol–water partition coefficient (Wildman–Crippen LogP) is 2.08. The van der Waals surface area contributed by atoms with Crippen LogP contribution in [0.4, 0.5) is 4.79 Å². The summed E-state index contributed by atoms with van der Waals surface area (Å²) in [6.45, 7) is 3.41. The van der Waals surface area contributed by atoms with Gasteiger partial charge in [-0.1, -0.05) is 18.2 Å². The minimum Gasteiger partial charge on any atom is -0.453 e. The molecule has 0 unspecified atom stereocenters. The first-order valence-corrected chi connectivity index (χ1v) is 4.62. The van der Waals surface area contributed by atoms with Gasteiger partial charge in [0.15, 0.2) is 0 Å². The monoisotopic (exact) mass is 191 g/mol. The Morgan fingerprint density at radius 3 is 2.86 bits per heavy atom. The van der Waals surface area contributed by atoms with Crippen LogP contribution in [0.5, 0.6) is 0 Å². The molecular weight excluding hydrogens is 178 g/mol. The van der Waals surface area contributed by atoms with E-state index in [1.807, 2.05) is 6.07 Å². The van der Waals surface area contributed by atoms with Crippen molar-refractivity contribution >= 4 is 6.09 Å². The number of rotatable bonds is 0. The van der Waals surface area contributed by atoms with E-state index < -0.39 is 0 Å². The zero-order valence-corrected chi connectivity index (χ0v) is 8.41. The predicted molar refractivity (Wildman–Crippen MR) is 52.8 cm³/mol. The van der Waals surface area contributed by atoms with Crippen LogP contribution in [0.15, 0.2) is 18.2 Å². The Morgan fingerprint density at radius 1 is 1.43 bits per heavy atom. The molecule has 0 aliphatic carbocycles. The van der Waals surface area contributed by atoms with Crippen molar-refractivity contribution in [2.75, 3.05) is 7.11 Å². The number of ether oxygens (including phenoxy) is 1. The number of benzene rings is 1. The number of hydrogen-bond acceptors (Lipinski definition) is 2. The van der Waals surface area contributed by atoms with Crippen molar-refractivity contribution in [3.63, 3.8) is 0 Å². The number of amides is 1. The van der Waals surface area contributed by atoms with E-state index >= 15 is 0 Å². The van der Waals surface area contributed by atoms with Crippen molar-refractivity contribution in [1.82, 2.24) is 4.90 Å². The maximum Gasteiger partial charge on any atom is 0.410 e. The second-order valence-electron chi connectivity index (χ2n) is 3.54. The highest BCUT2D eigenvalue weighted by atomic mass is 16.5. The van der Waals surface area contributed by atoms with Gasteiger partial charge in [-0.05, 0) is 23.6 Å². The maximum atomic E-state index is 11.3. The fourth-order valence-corrected chi connectivity index (χ4v) is 1.85. The van der Waals surface area contributed by atoms with E-state index in [4.69, 9.17) is 4.74 Å². The lowest BCUT2D eigenvalue weighted by molar-refractivity contribution is 0.123. The molecular formula is C11H13NO2. The lowest BCUT2D eigenvalue weighted by Gasteiger charge is -2.12. The van der Waals surface area contributed by atoms with Gasteiger partial charge in [-0.15, -0.1) is 0 Å². The molecule has 14 heavy (non-hydrogen) atoms. The second kappa shape index (κ2) is 3.33. The molecule has 1 aliphatic heterocycles. The van der Waals surface area contributed by atoms with Gasteiger partial charge in [0.2, 0.25) is 0 Å². The van der Waals surface area contributed by atoms with E-state index in [2.05, 4.69) is 19.1 Å². The number of fused-ring (bicyclic) bond motifs is 1. The largest absolute Gasteiger partial charge is 0.453 e. The Hall–Kier alpha value is -1.51. The van der Waals surface area contributed by atoms with Crippen LogP contribution in [0.2, 0.25) is 0 Å². The fourth-order valence-electron chi connectivity index (χ4n) is 1.85. The van der Waals surface area contributed by atoms with Crippen molar-refractivity contribution in [3.8, 4) is 0 Å². The molecule has 1 aliphatic rings. The topological polar surface area (TPSA) is 29.5 Å². The Kier molecular flexibility index (Phi) is 2.15. The molecule has 0 N–H and O–H groups in total. The molecule has 0 saturated carbocycles. The number of carbonyl (C=O) groups is 1. The SMILES string of the molecule is COC(=O)N1Cc2cccc(C)c2C1. The number of carbonyl (C=O) groups excluding carboxylic acids is 1. The first-order valence-electron chi connectivity index (χ1n) is 4.62. The summed E-state index contributed by atoms with van der Waals surface area (Å²) >= 11 is 0. The Morgan fingerprint density at radius 2 is 2.21 bits per heavy atom. The summed E-state index contributed by atoms with van der Waals surface area (Å²) in [5, 5.41) is 0. The molecule has 0 radical (unpaired) electrons. The average molecular weight is 191 g/mol. The third-order valence-electron chi connectivity index (χ3n) is 2.65. The van der Waals surface area contributed by atoms with Crippen LogP contribution in [-0.4, -0.2) is 18.1 Å². The fraction of sp³-hybridized carbons (Fsp3) is 0.364. The Bertz CT molecular complexity index is 374. The van der Waals surface area contributed by atoms with Crippen LogP contribution >= 0.6 is 0 Å². The van der Waals surface area contributed by atoms with Crippen LogP contribution in [0.25, 0.3) is 0 Å². The molecule has 1 aromatic rings. The highest BCUT2D eigenvalue weighted by Crippen LogP contribution is 2.25. The summed E-state index contributed by atoms with van der Waals surface area (Å²) in [4.78, 5) is 13.0. The van der Waals surface area contributed by atoms with Gasteiger partial charge >= 0.3 is 6.09 Å². The highest BCUT2D eigenvalue weighted by molar-refractivity contribution is 5.68. The highest BCUT2D eigenvalue weighted by Gasteiger charge is 2.24. The standard InChI is InChI=1S/C11H13NO2/c1-8-4-3-5-9-6-12(7-10(8)9)11(13)14-2/h3-5H,6-7H2,1-2H3. The molecule has 0 fully saturated rings. The molecule has 3 heteroatoms. The van der Waals surface area contributed by atoms with Crippen molar-refractivity contribution < 1.29 is 9.53 Å². The zero-order valence-electron chi connectivity index (χ0n) is 8.41. The summed E-state index contributed by atoms with van der Waals surface area (Å²) < 4.78 is 4.69. The lowest BCUT2D eigenvalue weighted by atomic mass is 10.1.